The minimum absolute atomic E-state index is 0.0577. The summed E-state index contributed by atoms with van der Waals surface area (Å²) >= 11 is 0. The van der Waals surface area contributed by atoms with Crippen LogP contribution in [-0.2, 0) is 14.8 Å². The third-order valence-corrected chi connectivity index (χ3v) is 6.80. The van der Waals surface area contributed by atoms with Gasteiger partial charge in [0.05, 0.1) is 6.26 Å². The van der Waals surface area contributed by atoms with Gasteiger partial charge in [-0.15, -0.1) is 0 Å². The van der Waals surface area contributed by atoms with Crippen molar-refractivity contribution in [2.24, 2.45) is 5.92 Å². The third kappa shape index (κ3) is 4.73. The molecule has 0 aromatic heterocycles. The number of hydrogen-bond acceptors (Lipinski definition) is 3. The molecule has 1 amide bonds. The molecule has 7 heteroatoms. The minimum Gasteiger partial charge on any atom is -0.342 e. The van der Waals surface area contributed by atoms with E-state index in [1.165, 1.54) is 6.07 Å². The van der Waals surface area contributed by atoms with Crippen molar-refractivity contribution in [2.45, 2.75) is 37.6 Å². The first-order valence-electron chi connectivity index (χ1n) is 10.4. The summed E-state index contributed by atoms with van der Waals surface area (Å²) in [5.74, 6) is -0.516. The predicted octanol–water partition coefficient (Wildman–Crippen LogP) is 3.53. The molecular formula is C23H27FN2O3S. The number of likely N-dealkylation sites (tertiary alicyclic amines) is 1. The SMILES string of the molecule is CS(=O)(=O)NC1CCCN(C(=O)C2CC2c2c(F)cccc2-c2ccccc2)CC1. The maximum atomic E-state index is 14.8. The molecule has 2 aromatic carbocycles. The molecule has 3 unspecified atom stereocenters. The first-order chi connectivity index (χ1) is 14.3. The standard InChI is InChI=1S/C23H27FN2O3S/c1-30(28,29)25-17-9-6-13-26(14-12-17)23(27)20-15-19(20)22-18(10-5-11-21(22)24)16-7-3-2-4-8-16/h2-5,7-8,10-11,17,19-20,25H,6,9,12-15H2,1H3. The topological polar surface area (TPSA) is 66.5 Å². The van der Waals surface area contributed by atoms with Crippen molar-refractivity contribution in [3.05, 3.63) is 59.9 Å². The maximum absolute atomic E-state index is 14.8. The number of nitrogens with one attached hydrogen (secondary N) is 1. The van der Waals surface area contributed by atoms with Crippen LogP contribution in [0.1, 0.15) is 37.2 Å². The van der Waals surface area contributed by atoms with Crippen molar-refractivity contribution in [1.82, 2.24) is 9.62 Å². The van der Waals surface area contributed by atoms with Gasteiger partial charge in [0, 0.05) is 25.0 Å². The first kappa shape index (κ1) is 21.0. The summed E-state index contributed by atoms with van der Waals surface area (Å²) in [5.41, 5.74) is 2.44. The van der Waals surface area contributed by atoms with Gasteiger partial charge in [-0.1, -0.05) is 42.5 Å². The Morgan fingerprint density at radius 1 is 1.07 bits per heavy atom. The highest BCUT2D eigenvalue weighted by Crippen LogP contribution is 2.52. The summed E-state index contributed by atoms with van der Waals surface area (Å²) in [6, 6.07) is 14.7. The fraction of sp³-hybridized carbons (Fsp3) is 0.435. The normalized spacial score (nSPS) is 24.3. The van der Waals surface area contributed by atoms with E-state index in [-0.39, 0.29) is 29.6 Å². The van der Waals surface area contributed by atoms with Crippen molar-refractivity contribution < 1.29 is 17.6 Å². The number of carbonyl (C=O) groups is 1. The molecule has 1 heterocycles. The minimum atomic E-state index is -3.26. The van der Waals surface area contributed by atoms with Gasteiger partial charge in [0.15, 0.2) is 0 Å². The first-order valence-corrected chi connectivity index (χ1v) is 12.3. The van der Waals surface area contributed by atoms with Gasteiger partial charge < -0.3 is 4.90 Å². The van der Waals surface area contributed by atoms with Crippen molar-refractivity contribution >= 4 is 15.9 Å². The van der Waals surface area contributed by atoms with Gasteiger partial charge in [0.1, 0.15) is 5.82 Å². The second-order valence-corrected chi connectivity index (χ2v) is 10.1. The van der Waals surface area contributed by atoms with Crippen molar-refractivity contribution in [2.75, 3.05) is 19.3 Å². The summed E-state index contributed by atoms with van der Waals surface area (Å²) in [6.45, 7) is 1.14. The lowest BCUT2D eigenvalue weighted by molar-refractivity contribution is -0.132. The fourth-order valence-corrected chi connectivity index (χ4v) is 5.38. The van der Waals surface area contributed by atoms with Crippen LogP contribution in [0.5, 0.6) is 0 Å². The second kappa shape index (κ2) is 8.47. The van der Waals surface area contributed by atoms with Crippen molar-refractivity contribution in [1.29, 1.82) is 0 Å². The molecule has 3 atom stereocenters. The Kier molecular flexibility index (Phi) is 5.93. The van der Waals surface area contributed by atoms with E-state index in [9.17, 15) is 17.6 Å². The monoisotopic (exact) mass is 430 g/mol. The lowest BCUT2D eigenvalue weighted by Crippen LogP contribution is -2.36. The van der Waals surface area contributed by atoms with E-state index in [1.807, 2.05) is 41.3 Å². The molecule has 1 aliphatic carbocycles. The number of halogens is 1. The highest BCUT2D eigenvalue weighted by molar-refractivity contribution is 7.88. The lowest BCUT2D eigenvalue weighted by atomic mass is 9.95. The Hall–Kier alpha value is -2.25. The van der Waals surface area contributed by atoms with Gasteiger partial charge in [-0.05, 0) is 54.4 Å². The Bertz CT molecular complexity index is 1030. The van der Waals surface area contributed by atoms with Crippen molar-refractivity contribution in [3.8, 4) is 11.1 Å². The van der Waals surface area contributed by atoms with E-state index in [0.717, 1.165) is 30.2 Å². The molecule has 160 valence electrons. The van der Waals surface area contributed by atoms with Gasteiger partial charge in [-0.3, -0.25) is 4.79 Å². The van der Waals surface area contributed by atoms with Crippen LogP contribution < -0.4 is 4.72 Å². The predicted molar refractivity (Wildman–Crippen MR) is 115 cm³/mol. The van der Waals surface area contributed by atoms with Crippen LogP contribution in [0.2, 0.25) is 0 Å². The maximum Gasteiger partial charge on any atom is 0.226 e. The molecule has 2 fully saturated rings. The zero-order chi connectivity index (χ0) is 21.3. The molecule has 0 bridgehead atoms. The summed E-state index contributed by atoms with van der Waals surface area (Å²) in [7, 11) is -3.26. The smallest absolute Gasteiger partial charge is 0.226 e. The summed E-state index contributed by atoms with van der Waals surface area (Å²) in [5, 5.41) is 0. The molecule has 1 N–H and O–H groups in total. The molecule has 4 rings (SSSR count). The second-order valence-electron chi connectivity index (χ2n) is 8.36. The number of rotatable bonds is 5. The summed E-state index contributed by atoms with van der Waals surface area (Å²) in [4.78, 5) is 14.9. The average Bonchev–Trinajstić information content (AvgIpc) is 3.51. The number of nitrogens with zero attached hydrogens (tertiary/aromatic N) is 1. The van der Waals surface area contributed by atoms with Crippen LogP contribution in [0, 0.1) is 11.7 Å². The number of benzene rings is 2. The summed E-state index contributed by atoms with van der Waals surface area (Å²) in [6.07, 6.45) is 3.89. The average molecular weight is 431 g/mol. The molecule has 1 saturated carbocycles. The Labute approximate surface area is 177 Å². The van der Waals surface area contributed by atoms with E-state index < -0.39 is 10.0 Å². The van der Waals surface area contributed by atoms with Crippen LogP contribution in [0.3, 0.4) is 0 Å². The van der Waals surface area contributed by atoms with E-state index in [2.05, 4.69) is 4.72 Å². The molecule has 2 aliphatic rings. The lowest BCUT2D eigenvalue weighted by Gasteiger charge is -2.21. The zero-order valence-electron chi connectivity index (χ0n) is 17.1. The van der Waals surface area contributed by atoms with Crippen LogP contribution in [0.15, 0.2) is 48.5 Å². The molecule has 0 radical (unpaired) electrons. The quantitative estimate of drug-likeness (QED) is 0.789. The van der Waals surface area contributed by atoms with Crippen LogP contribution in [0.4, 0.5) is 4.39 Å². The van der Waals surface area contributed by atoms with Crippen LogP contribution in [0.25, 0.3) is 11.1 Å². The highest BCUT2D eigenvalue weighted by Gasteiger charge is 2.48. The molecule has 1 saturated heterocycles. The Balaban J connectivity index is 1.47. The third-order valence-electron chi connectivity index (χ3n) is 6.04. The number of carbonyl (C=O) groups excluding carboxylic acids is 1. The molecule has 2 aromatic rings. The molecular weight excluding hydrogens is 403 g/mol. The van der Waals surface area contributed by atoms with Gasteiger partial charge in [-0.25, -0.2) is 17.5 Å². The van der Waals surface area contributed by atoms with E-state index in [0.29, 0.717) is 31.5 Å². The fourth-order valence-electron chi connectivity index (χ4n) is 4.54. The molecule has 0 spiro atoms. The highest BCUT2D eigenvalue weighted by atomic mass is 32.2. The summed E-state index contributed by atoms with van der Waals surface area (Å²) < 4.78 is 40.4. The largest absolute Gasteiger partial charge is 0.342 e. The van der Waals surface area contributed by atoms with Gasteiger partial charge in [-0.2, -0.15) is 0 Å². The van der Waals surface area contributed by atoms with E-state index in [1.54, 1.807) is 6.07 Å². The Morgan fingerprint density at radius 3 is 2.57 bits per heavy atom. The van der Waals surface area contributed by atoms with Crippen LogP contribution in [-0.4, -0.2) is 44.6 Å². The van der Waals surface area contributed by atoms with Gasteiger partial charge in [0.2, 0.25) is 15.9 Å². The number of amides is 1. The number of sulfonamides is 1. The van der Waals surface area contributed by atoms with Gasteiger partial charge in [0.25, 0.3) is 0 Å². The number of hydrogen-bond donors (Lipinski definition) is 1. The van der Waals surface area contributed by atoms with Crippen LogP contribution >= 0.6 is 0 Å². The molecule has 1 aliphatic heterocycles. The molecule has 30 heavy (non-hydrogen) atoms. The molecule has 5 nitrogen and oxygen atoms in total. The zero-order valence-corrected chi connectivity index (χ0v) is 17.9. The van der Waals surface area contributed by atoms with E-state index in [4.69, 9.17) is 0 Å². The van der Waals surface area contributed by atoms with E-state index >= 15 is 0 Å². The van der Waals surface area contributed by atoms with Gasteiger partial charge >= 0.3 is 0 Å². The van der Waals surface area contributed by atoms with Crippen molar-refractivity contribution in [3.63, 3.8) is 0 Å². The Morgan fingerprint density at radius 2 is 1.83 bits per heavy atom.